The van der Waals surface area contributed by atoms with Crippen molar-refractivity contribution in [1.29, 1.82) is 0 Å². The van der Waals surface area contributed by atoms with Gasteiger partial charge in [-0.1, -0.05) is 22.0 Å². The predicted molar refractivity (Wildman–Crippen MR) is 76.2 cm³/mol. The topological polar surface area (TPSA) is 64.0 Å². The molecule has 0 radical (unpaired) electrons. The summed E-state index contributed by atoms with van der Waals surface area (Å²) in [7, 11) is -1.63. The van der Waals surface area contributed by atoms with Crippen LogP contribution in [0.2, 0.25) is 0 Å². The van der Waals surface area contributed by atoms with Crippen LogP contribution in [-0.2, 0) is 23.5 Å². The Labute approximate surface area is 120 Å². The van der Waals surface area contributed by atoms with Crippen molar-refractivity contribution < 1.29 is 8.42 Å². The first-order chi connectivity index (χ1) is 8.99. The number of benzene rings is 1. The van der Waals surface area contributed by atoms with E-state index in [1.165, 1.54) is 0 Å². The van der Waals surface area contributed by atoms with E-state index >= 15 is 0 Å². The van der Waals surface area contributed by atoms with Gasteiger partial charge in [-0.2, -0.15) is 5.10 Å². The van der Waals surface area contributed by atoms with Crippen LogP contribution in [0.15, 0.2) is 45.9 Å². The fourth-order valence-corrected chi connectivity index (χ4v) is 3.31. The normalized spacial score (nSPS) is 11.7. The Kier molecular flexibility index (Phi) is 4.38. The molecule has 1 aromatic carbocycles. The van der Waals surface area contributed by atoms with Gasteiger partial charge in [0.1, 0.15) is 0 Å². The molecule has 7 heteroatoms. The zero-order valence-corrected chi connectivity index (χ0v) is 12.8. The van der Waals surface area contributed by atoms with Crippen molar-refractivity contribution in [3.8, 4) is 0 Å². The van der Waals surface area contributed by atoms with E-state index < -0.39 is 10.0 Å². The van der Waals surface area contributed by atoms with Crippen LogP contribution in [0.5, 0.6) is 0 Å². The number of rotatable bonds is 5. The lowest BCUT2D eigenvalue weighted by Crippen LogP contribution is -2.26. The van der Waals surface area contributed by atoms with E-state index in [0.717, 1.165) is 10.2 Å². The number of aryl methyl sites for hydroxylation is 1. The second-order valence-electron chi connectivity index (χ2n) is 4.05. The number of halogens is 1. The van der Waals surface area contributed by atoms with Crippen LogP contribution in [0.25, 0.3) is 0 Å². The standard InChI is InChI=1S/C12H14BrN3O2S/c1-16-11(5-7-14-16)6-8-15-19(17,18)12-4-2-3-10(13)9-12/h2-5,7,9,15H,6,8H2,1H3. The smallest absolute Gasteiger partial charge is 0.240 e. The molecule has 2 rings (SSSR count). The molecule has 102 valence electrons. The first kappa shape index (κ1) is 14.2. The quantitative estimate of drug-likeness (QED) is 0.898. The minimum atomic E-state index is -3.46. The largest absolute Gasteiger partial charge is 0.273 e. The molecule has 1 aromatic heterocycles. The lowest BCUT2D eigenvalue weighted by Gasteiger charge is -2.07. The first-order valence-electron chi connectivity index (χ1n) is 5.71. The molecule has 0 fully saturated rings. The van der Waals surface area contributed by atoms with Gasteiger partial charge in [-0.25, -0.2) is 13.1 Å². The summed E-state index contributed by atoms with van der Waals surface area (Å²) in [6.07, 6.45) is 2.29. The summed E-state index contributed by atoms with van der Waals surface area (Å²) in [5.74, 6) is 0. The van der Waals surface area contributed by atoms with Crippen LogP contribution in [0.4, 0.5) is 0 Å². The number of nitrogens with zero attached hydrogens (tertiary/aromatic N) is 2. The van der Waals surface area contributed by atoms with Crippen LogP contribution in [0, 0.1) is 0 Å². The SMILES string of the molecule is Cn1nccc1CCNS(=O)(=O)c1cccc(Br)c1. The maximum absolute atomic E-state index is 12.0. The monoisotopic (exact) mass is 343 g/mol. The maximum atomic E-state index is 12.0. The highest BCUT2D eigenvalue weighted by atomic mass is 79.9. The second-order valence-corrected chi connectivity index (χ2v) is 6.73. The molecule has 19 heavy (non-hydrogen) atoms. The van der Waals surface area contributed by atoms with E-state index in [4.69, 9.17) is 0 Å². The summed E-state index contributed by atoms with van der Waals surface area (Å²) < 4.78 is 29.1. The minimum Gasteiger partial charge on any atom is -0.273 e. The molecule has 0 atom stereocenters. The Balaban J connectivity index is 2.01. The molecule has 1 N–H and O–H groups in total. The van der Waals surface area contributed by atoms with E-state index in [2.05, 4.69) is 25.8 Å². The van der Waals surface area contributed by atoms with Crippen molar-refractivity contribution in [3.63, 3.8) is 0 Å². The summed E-state index contributed by atoms with van der Waals surface area (Å²) in [4.78, 5) is 0.256. The van der Waals surface area contributed by atoms with Crippen molar-refractivity contribution in [1.82, 2.24) is 14.5 Å². The molecule has 0 bridgehead atoms. The van der Waals surface area contributed by atoms with E-state index in [1.807, 2.05) is 13.1 Å². The van der Waals surface area contributed by atoms with Gasteiger partial charge in [-0.3, -0.25) is 4.68 Å². The molecule has 0 spiro atoms. The van der Waals surface area contributed by atoms with Crippen molar-refractivity contribution in [2.45, 2.75) is 11.3 Å². The molecule has 0 aliphatic heterocycles. The van der Waals surface area contributed by atoms with Gasteiger partial charge in [0.25, 0.3) is 0 Å². The van der Waals surface area contributed by atoms with Gasteiger partial charge < -0.3 is 0 Å². The number of hydrogen-bond acceptors (Lipinski definition) is 3. The van der Waals surface area contributed by atoms with Crippen LogP contribution in [0.3, 0.4) is 0 Å². The van der Waals surface area contributed by atoms with Crippen LogP contribution in [0.1, 0.15) is 5.69 Å². The van der Waals surface area contributed by atoms with Crippen LogP contribution < -0.4 is 4.72 Å². The van der Waals surface area contributed by atoms with Gasteiger partial charge in [0.2, 0.25) is 10.0 Å². The maximum Gasteiger partial charge on any atom is 0.240 e. The van der Waals surface area contributed by atoms with Crippen molar-refractivity contribution in [2.75, 3.05) is 6.54 Å². The molecule has 1 heterocycles. The summed E-state index contributed by atoms with van der Waals surface area (Å²) in [5.41, 5.74) is 0.983. The average molecular weight is 344 g/mol. The van der Waals surface area contributed by atoms with E-state index in [1.54, 1.807) is 35.1 Å². The molecule has 0 saturated heterocycles. The Morgan fingerprint density at radius 2 is 2.16 bits per heavy atom. The van der Waals surface area contributed by atoms with Gasteiger partial charge in [0, 0.05) is 36.4 Å². The highest BCUT2D eigenvalue weighted by molar-refractivity contribution is 9.10. The van der Waals surface area contributed by atoms with Gasteiger partial charge in [-0.15, -0.1) is 0 Å². The van der Waals surface area contributed by atoms with Gasteiger partial charge in [-0.05, 0) is 24.3 Å². The zero-order valence-electron chi connectivity index (χ0n) is 10.4. The summed E-state index contributed by atoms with van der Waals surface area (Å²) in [6, 6.07) is 8.49. The van der Waals surface area contributed by atoms with E-state index in [0.29, 0.717) is 13.0 Å². The van der Waals surface area contributed by atoms with E-state index in [9.17, 15) is 8.42 Å². The molecule has 0 saturated carbocycles. The number of sulfonamides is 1. The third-order valence-corrected chi connectivity index (χ3v) is 4.65. The fraction of sp³-hybridized carbons (Fsp3) is 0.250. The number of aromatic nitrogens is 2. The summed E-state index contributed by atoms with van der Waals surface area (Å²) >= 11 is 3.26. The van der Waals surface area contributed by atoms with Crippen molar-refractivity contribution >= 4 is 26.0 Å². The summed E-state index contributed by atoms with van der Waals surface area (Å²) in [5, 5.41) is 4.03. The first-order valence-corrected chi connectivity index (χ1v) is 7.99. The lowest BCUT2D eigenvalue weighted by atomic mass is 10.3. The highest BCUT2D eigenvalue weighted by Crippen LogP contribution is 2.15. The van der Waals surface area contributed by atoms with Crippen LogP contribution in [-0.4, -0.2) is 24.7 Å². The molecular formula is C12H14BrN3O2S. The van der Waals surface area contributed by atoms with Crippen molar-refractivity contribution in [3.05, 3.63) is 46.7 Å². The third kappa shape index (κ3) is 3.65. The Bertz CT molecular complexity index is 667. The molecule has 2 aromatic rings. The van der Waals surface area contributed by atoms with E-state index in [-0.39, 0.29) is 4.90 Å². The Morgan fingerprint density at radius 1 is 1.37 bits per heavy atom. The van der Waals surface area contributed by atoms with Gasteiger partial charge in [0.15, 0.2) is 0 Å². The lowest BCUT2D eigenvalue weighted by molar-refractivity contribution is 0.579. The molecule has 0 aliphatic carbocycles. The number of hydrogen-bond donors (Lipinski definition) is 1. The van der Waals surface area contributed by atoms with Gasteiger partial charge in [0.05, 0.1) is 4.90 Å². The molecule has 0 unspecified atom stereocenters. The van der Waals surface area contributed by atoms with Gasteiger partial charge >= 0.3 is 0 Å². The zero-order chi connectivity index (χ0) is 13.9. The highest BCUT2D eigenvalue weighted by Gasteiger charge is 2.13. The minimum absolute atomic E-state index is 0.256. The Hall–Kier alpha value is -1.18. The average Bonchev–Trinajstić information content (AvgIpc) is 2.75. The fourth-order valence-electron chi connectivity index (χ4n) is 1.68. The van der Waals surface area contributed by atoms with Crippen molar-refractivity contribution in [2.24, 2.45) is 7.05 Å². The van der Waals surface area contributed by atoms with Crippen LogP contribution >= 0.6 is 15.9 Å². The summed E-state index contributed by atoms with van der Waals surface area (Å²) in [6.45, 7) is 0.342. The molecule has 0 aliphatic rings. The number of nitrogens with one attached hydrogen (secondary N) is 1. The Morgan fingerprint density at radius 3 is 2.79 bits per heavy atom. The molecule has 0 amide bonds. The molecule has 5 nitrogen and oxygen atoms in total. The second kappa shape index (κ2) is 5.85. The third-order valence-electron chi connectivity index (χ3n) is 2.70. The predicted octanol–water partition coefficient (Wildman–Crippen LogP) is 1.70. The molecular weight excluding hydrogens is 330 g/mol.